The highest BCUT2D eigenvalue weighted by Crippen LogP contribution is 2.17. The van der Waals surface area contributed by atoms with Gasteiger partial charge in [-0.15, -0.1) is 0 Å². The summed E-state index contributed by atoms with van der Waals surface area (Å²) in [5, 5.41) is 0. The highest BCUT2D eigenvalue weighted by atomic mass is 16.1. The number of hydrogen-bond acceptors (Lipinski definition) is 2. The summed E-state index contributed by atoms with van der Waals surface area (Å²) in [5.74, 6) is 0.335. The number of nitrogens with two attached hydrogens (primary N) is 2. The molecule has 0 aliphatic heterocycles. The van der Waals surface area contributed by atoms with Crippen molar-refractivity contribution in [3.05, 3.63) is 0 Å². The van der Waals surface area contributed by atoms with Crippen LogP contribution in [0.15, 0.2) is 0 Å². The van der Waals surface area contributed by atoms with Gasteiger partial charge in [-0.25, -0.2) is 0 Å². The predicted molar refractivity (Wildman–Crippen MR) is 73.7 cm³/mol. The maximum atomic E-state index is 10.5. The van der Waals surface area contributed by atoms with E-state index < -0.39 is 0 Å². The lowest BCUT2D eigenvalue weighted by molar-refractivity contribution is -0.119. The monoisotopic (exact) mass is 256 g/mol. The van der Waals surface area contributed by atoms with E-state index in [4.69, 9.17) is 11.5 Å². The van der Waals surface area contributed by atoms with Gasteiger partial charge in [0.2, 0.25) is 11.8 Å². The Morgan fingerprint density at radius 3 is 1.50 bits per heavy atom. The van der Waals surface area contributed by atoms with Crippen LogP contribution in [0.1, 0.15) is 71.1 Å². The third kappa shape index (κ3) is 13.0. The molecule has 0 aliphatic rings. The van der Waals surface area contributed by atoms with Crippen molar-refractivity contribution in [2.24, 2.45) is 17.4 Å². The Morgan fingerprint density at radius 2 is 1.17 bits per heavy atom. The molecule has 0 unspecified atom stereocenters. The molecule has 0 aromatic carbocycles. The lowest BCUT2D eigenvalue weighted by atomic mass is 9.96. The fourth-order valence-corrected chi connectivity index (χ4v) is 2.08. The minimum absolute atomic E-state index is 0.197. The highest BCUT2D eigenvalue weighted by molar-refractivity contribution is 5.73. The van der Waals surface area contributed by atoms with Crippen molar-refractivity contribution in [3.63, 3.8) is 0 Å². The Labute approximate surface area is 110 Å². The molecule has 2 amide bonds. The molecule has 0 bridgehead atoms. The molecular formula is C14H28N2O2. The van der Waals surface area contributed by atoms with Crippen LogP contribution >= 0.6 is 0 Å². The summed E-state index contributed by atoms with van der Waals surface area (Å²) >= 11 is 0. The van der Waals surface area contributed by atoms with Gasteiger partial charge >= 0.3 is 0 Å². The van der Waals surface area contributed by atoms with E-state index in [-0.39, 0.29) is 11.8 Å². The van der Waals surface area contributed by atoms with Gasteiger partial charge in [-0.2, -0.15) is 0 Å². The second-order valence-electron chi connectivity index (χ2n) is 5.24. The van der Waals surface area contributed by atoms with E-state index in [1.54, 1.807) is 0 Å². The Balaban J connectivity index is 3.24. The zero-order valence-corrected chi connectivity index (χ0v) is 11.6. The van der Waals surface area contributed by atoms with Gasteiger partial charge in [0.05, 0.1) is 0 Å². The van der Waals surface area contributed by atoms with Crippen LogP contribution in [-0.4, -0.2) is 11.8 Å². The standard InChI is InChI=1S/C14H28N2O2/c1-12(8-4-2-6-10-13(15)17)9-5-3-7-11-14(16)18/h12H,2-11H2,1H3,(H2,15,17)(H2,16,18). The Hall–Kier alpha value is -1.06. The molecular weight excluding hydrogens is 228 g/mol. The molecule has 4 nitrogen and oxygen atoms in total. The van der Waals surface area contributed by atoms with Crippen LogP contribution < -0.4 is 11.5 Å². The first kappa shape index (κ1) is 16.9. The van der Waals surface area contributed by atoms with Gasteiger partial charge in [-0.1, -0.05) is 45.4 Å². The largest absolute Gasteiger partial charge is 0.370 e. The molecule has 106 valence electrons. The number of carbonyl (C=O) groups is 2. The fraction of sp³-hybridized carbons (Fsp3) is 0.857. The molecule has 0 fully saturated rings. The molecule has 0 radical (unpaired) electrons. The third-order valence-electron chi connectivity index (χ3n) is 3.24. The summed E-state index contributed by atoms with van der Waals surface area (Å²) < 4.78 is 0. The van der Waals surface area contributed by atoms with Gasteiger partial charge < -0.3 is 11.5 Å². The van der Waals surface area contributed by atoms with Crippen LogP contribution in [0.3, 0.4) is 0 Å². The summed E-state index contributed by atoms with van der Waals surface area (Å²) in [6, 6.07) is 0. The SMILES string of the molecule is CC(CCCCCC(N)=O)CCCCCC(N)=O. The first-order chi connectivity index (χ1) is 8.52. The number of primary amides is 2. The van der Waals surface area contributed by atoms with Crippen molar-refractivity contribution in [1.82, 2.24) is 0 Å². The minimum Gasteiger partial charge on any atom is -0.370 e. The van der Waals surface area contributed by atoms with Crippen LogP contribution in [0.2, 0.25) is 0 Å². The lowest BCUT2D eigenvalue weighted by Crippen LogP contribution is -2.09. The van der Waals surface area contributed by atoms with Gasteiger partial charge in [-0.3, -0.25) is 9.59 Å². The van der Waals surface area contributed by atoms with Gasteiger partial charge in [-0.05, 0) is 18.8 Å². The van der Waals surface area contributed by atoms with E-state index in [1.165, 1.54) is 25.7 Å². The highest BCUT2D eigenvalue weighted by Gasteiger charge is 2.03. The van der Waals surface area contributed by atoms with Crippen LogP contribution in [0.4, 0.5) is 0 Å². The molecule has 4 heteroatoms. The number of rotatable bonds is 12. The normalized spacial score (nSPS) is 10.8. The molecule has 0 spiro atoms. The Morgan fingerprint density at radius 1 is 0.778 bits per heavy atom. The summed E-state index contributed by atoms with van der Waals surface area (Å²) in [6.07, 6.45) is 9.84. The van der Waals surface area contributed by atoms with Crippen molar-refractivity contribution < 1.29 is 9.59 Å². The molecule has 18 heavy (non-hydrogen) atoms. The number of hydrogen-bond donors (Lipinski definition) is 2. The van der Waals surface area contributed by atoms with E-state index in [0.29, 0.717) is 12.8 Å². The van der Waals surface area contributed by atoms with Gasteiger partial charge in [0.25, 0.3) is 0 Å². The van der Waals surface area contributed by atoms with Crippen LogP contribution in [-0.2, 0) is 9.59 Å². The van der Waals surface area contributed by atoms with Gasteiger partial charge in [0, 0.05) is 12.8 Å². The van der Waals surface area contributed by atoms with E-state index in [9.17, 15) is 9.59 Å². The number of carbonyl (C=O) groups excluding carboxylic acids is 2. The van der Waals surface area contributed by atoms with Crippen molar-refractivity contribution in [3.8, 4) is 0 Å². The van der Waals surface area contributed by atoms with Crippen molar-refractivity contribution in [2.45, 2.75) is 71.1 Å². The van der Waals surface area contributed by atoms with Crippen LogP contribution in [0.25, 0.3) is 0 Å². The van der Waals surface area contributed by atoms with E-state index in [1.807, 2.05) is 0 Å². The molecule has 0 atom stereocenters. The molecule has 0 aromatic rings. The van der Waals surface area contributed by atoms with E-state index >= 15 is 0 Å². The smallest absolute Gasteiger partial charge is 0.217 e. The molecule has 0 heterocycles. The maximum Gasteiger partial charge on any atom is 0.217 e. The minimum atomic E-state index is -0.197. The number of amides is 2. The molecule has 0 aliphatic carbocycles. The Bertz CT molecular complexity index is 218. The average molecular weight is 256 g/mol. The second-order valence-corrected chi connectivity index (χ2v) is 5.24. The lowest BCUT2D eigenvalue weighted by Gasteiger charge is -2.10. The quantitative estimate of drug-likeness (QED) is 0.526. The van der Waals surface area contributed by atoms with Crippen molar-refractivity contribution in [1.29, 1.82) is 0 Å². The summed E-state index contributed by atoms with van der Waals surface area (Å²) in [5.41, 5.74) is 10.2. The molecule has 0 saturated carbocycles. The zero-order valence-electron chi connectivity index (χ0n) is 11.6. The van der Waals surface area contributed by atoms with E-state index in [2.05, 4.69) is 6.92 Å². The number of unbranched alkanes of at least 4 members (excludes halogenated alkanes) is 4. The molecule has 0 saturated heterocycles. The van der Waals surface area contributed by atoms with Crippen LogP contribution in [0.5, 0.6) is 0 Å². The first-order valence-electron chi connectivity index (χ1n) is 7.09. The summed E-state index contributed by atoms with van der Waals surface area (Å²) in [6.45, 7) is 2.27. The summed E-state index contributed by atoms with van der Waals surface area (Å²) in [7, 11) is 0. The predicted octanol–water partition coefficient (Wildman–Crippen LogP) is 2.49. The molecule has 4 N–H and O–H groups in total. The van der Waals surface area contributed by atoms with E-state index in [0.717, 1.165) is 31.6 Å². The summed E-state index contributed by atoms with van der Waals surface area (Å²) in [4.78, 5) is 21.1. The fourth-order valence-electron chi connectivity index (χ4n) is 2.08. The van der Waals surface area contributed by atoms with Crippen molar-refractivity contribution in [2.75, 3.05) is 0 Å². The third-order valence-corrected chi connectivity index (χ3v) is 3.24. The second kappa shape index (κ2) is 11.1. The molecule has 0 aromatic heterocycles. The van der Waals surface area contributed by atoms with Gasteiger partial charge in [0.15, 0.2) is 0 Å². The topological polar surface area (TPSA) is 86.2 Å². The van der Waals surface area contributed by atoms with Crippen LogP contribution in [0, 0.1) is 5.92 Å². The average Bonchev–Trinajstić information content (AvgIpc) is 2.27. The first-order valence-corrected chi connectivity index (χ1v) is 7.09. The molecule has 0 rings (SSSR count). The van der Waals surface area contributed by atoms with Crippen molar-refractivity contribution >= 4 is 11.8 Å². The Kier molecular flexibility index (Phi) is 10.4. The zero-order chi connectivity index (χ0) is 13.8. The maximum absolute atomic E-state index is 10.5. The van der Waals surface area contributed by atoms with Gasteiger partial charge in [0.1, 0.15) is 0 Å².